The van der Waals surface area contributed by atoms with E-state index in [1.54, 1.807) is 0 Å². The number of hydrogen-bond acceptors (Lipinski definition) is 3. The van der Waals surface area contributed by atoms with Gasteiger partial charge in [0.25, 0.3) is 0 Å². The second kappa shape index (κ2) is 7.34. The van der Waals surface area contributed by atoms with Crippen LogP contribution in [0.25, 0.3) is 0 Å². The summed E-state index contributed by atoms with van der Waals surface area (Å²) in [5.74, 6) is -3.69. The number of rotatable bonds is 7. The zero-order valence-electron chi connectivity index (χ0n) is 10.6. The van der Waals surface area contributed by atoms with Crippen molar-refractivity contribution in [2.45, 2.75) is 0 Å². The molecule has 2 N–H and O–H groups in total. The van der Waals surface area contributed by atoms with E-state index in [2.05, 4.69) is 11.9 Å². The molecule has 0 aliphatic carbocycles. The van der Waals surface area contributed by atoms with Gasteiger partial charge in [0.2, 0.25) is 5.91 Å². The molecule has 0 aliphatic rings. The van der Waals surface area contributed by atoms with Crippen molar-refractivity contribution < 1.29 is 23.5 Å². The van der Waals surface area contributed by atoms with Gasteiger partial charge in [-0.05, 0) is 12.1 Å². The number of carbonyl (C=O) groups is 2. The highest BCUT2D eigenvalue weighted by Gasteiger charge is 2.13. The summed E-state index contributed by atoms with van der Waals surface area (Å²) in [6.45, 7) is 3.16. The van der Waals surface area contributed by atoms with E-state index in [9.17, 15) is 18.4 Å². The molecule has 1 rings (SSSR count). The molecule has 0 radical (unpaired) electrons. The topological polar surface area (TPSA) is 69.6 Å². The Kier molecular flexibility index (Phi) is 5.79. The molecule has 0 saturated heterocycles. The van der Waals surface area contributed by atoms with Crippen molar-refractivity contribution in [1.29, 1.82) is 0 Å². The van der Waals surface area contributed by atoms with Gasteiger partial charge in [-0.15, -0.1) is 6.58 Å². The number of carboxylic acid groups (broad SMARTS) is 1. The zero-order chi connectivity index (χ0) is 15.1. The molecule has 0 bridgehead atoms. The third-order valence-corrected chi connectivity index (χ3v) is 2.32. The molecule has 0 aromatic heterocycles. The molecule has 0 spiro atoms. The van der Waals surface area contributed by atoms with Crippen LogP contribution < -0.4 is 5.32 Å². The van der Waals surface area contributed by atoms with Crippen LogP contribution in [-0.2, 0) is 9.59 Å². The second-order valence-electron chi connectivity index (χ2n) is 4.03. The molecule has 7 heteroatoms. The number of nitrogens with one attached hydrogen (secondary N) is 1. The van der Waals surface area contributed by atoms with Crippen LogP contribution in [0.5, 0.6) is 0 Å². The van der Waals surface area contributed by atoms with E-state index in [1.165, 1.54) is 17.0 Å². The Bertz CT molecular complexity index is 520. The van der Waals surface area contributed by atoms with Crippen molar-refractivity contribution in [3.8, 4) is 0 Å². The van der Waals surface area contributed by atoms with Gasteiger partial charge in [0.1, 0.15) is 0 Å². The van der Waals surface area contributed by atoms with Crippen LogP contribution in [0.4, 0.5) is 14.5 Å². The maximum absolute atomic E-state index is 13.0. The highest BCUT2D eigenvalue weighted by atomic mass is 19.2. The van der Waals surface area contributed by atoms with E-state index >= 15 is 0 Å². The molecule has 0 unspecified atom stereocenters. The molecule has 1 amide bonds. The summed E-state index contributed by atoms with van der Waals surface area (Å²) in [5.41, 5.74) is 0.0998. The number of carbonyl (C=O) groups excluding carboxylic acids is 1. The summed E-state index contributed by atoms with van der Waals surface area (Å²) in [5, 5.41) is 11.0. The minimum absolute atomic E-state index is 0.0998. The smallest absolute Gasteiger partial charge is 0.317 e. The number of amides is 1. The van der Waals surface area contributed by atoms with Crippen LogP contribution >= 0.6 is 0 Å². The fraction of sp³-hybridized carbons (Fsp3) is 0.231. The number of benzene rings is 1. The van der Waals surface area contributed by atoms with Crippen molar-refractivity contribution in [1.82, 2.24) is 4.90 Å². The molecule has 1 aromatic rings. The van der Waals surface area contributed by atoms with Crippen LogP contribution in [-0.4, -0.2) is 41.5 Å². The Hall–Kier alpha value is -2.28. The molecule has 0 saturated carbocycles. The lowest BCUT2D eigenvalue weighted by Crippen LogP contribution is -2.37. The number of hydrogen-bond donors (Lipinski definition) is 2. The van der Waals surface area contributed by atoms with Gasteiger partial charge in [-0.2, -0.15) is 0 Å². The zero-order valence-corrected chi connectivity index (χ0v) is 10.6. The minimum atomic E-state index is -1.08. The van der Waals surface area contributed by atoms with Crippen molar-refractivity contribution in [3.63, 3.8) is 0 Å². The fourth-order valence-electron chi connectivity index (χ4n) is 1.54. The lowest BCUT2D eigenvalue weighted by atomic mass is 10.3. The number of anilines is 1. The van der Waals surface area contributed by atoms with E-state index < -0.39 is 23.5 Å². The van der Waals surface area contributed by atoms with Crippen molar-refractivity contribution in [2.24, 2.45) is 0 Å². The van der Waals surface area contributed by atoms with Crippen LogP contribution in [0.2, 0.25) is 0 Å². The highest BCUT2D eigenvalue weighted by molar-refractivity contribution is 5.92. The van der Waals surface area contributed by atoms with Gasteiger partial charge in [0, 0.05) is 18.3 Å². The van der Waals surface area contributed by atoms with Crippen LogP contribution in [0.1, 0.15) is 0 Å². The lowest BCUT2D eigenvalue weighted by molar-refractivity contribution is -0.138. The molecular formula is C13H14F2N2O3. The number of carboxylic acids is 1. The van der Waals surface area contributed by atoms with Gasteiger partial charge in [0.05, 0.1) is 13.1 Å². The summed E-state index contributed by atoms with van der Waals surface area (Å²) < 4.78 is 25.7. The Morgan fingerprint density at radius 3 is 2.55 bits per heavy atom. The molecule has 0 heterocycles. The quantitative estimate of drug-likeness (QED) is 0.744. The largest absolute Gasteiger partial charge is 0.480 e. The molecule has 5 nitrogen and oxygen atoms in total. The first-order chi connectivity index (χ1) is 9.42. The molecular weight excluding hydrogens is 270 g/mol. The third kappa shape index (κ3) is 5.15. The number of aliphatic carboxylic acids is 1. The Balaban J connectivity index is 2.62. The first-order valence-corrected chi connectivity index (χ1v) is 5.72. The Morgan fingerprint density at radius 1 is 1.30 bits per heavy atom. The summed E-state index contributed by atoms with van der Waals surface area (Å²) in [6.07, 6.45) is 1.47. The van der Waals surface area contributed by atoms with Crippen molar-refractivity contribution in [3.05, 3.63) is 42.5 Å². The van der Waals surface area contributed by atoms with Crippen LogP contribution in [0.3, 0.4) is 0 Å². The average Bonchev–Trinajstić information content (AvgIpc) is 2.33. The van der Waals surface area contributed by atoms with Gasteiger partial charge >= 0.3 is 5.97 Å². The van der Waals surface area contributed by atoms with Gasteiger partial charge in [0.15, 0.2) is 11.6 Å². The van der Waals surface area contributed by atoms with Gasteiger partial charge in [-0.1, -0.05) is 6.08 Å². The normalized spacial score (nSPS) is 10.3. The summed E-state index contributed by atoms with van der Waals surface area (Å²) >= 11 is 0. The monoisotopic (exact) mass is 284 g/mol. The van der Waals surface area contributed by atoms with E-state index in [1.807, 2.05) is 0 Å². The molecule has 0 atom stereocenters. The van der Waals surface area contributed by atoms with Crippen LogP contribution in [0, 0.1) is 11.6 Å². The fourth-order valence-corrected chi connectivity index (χ4v) is 1.54. The summed E-state index contributed by atoms with van der Waals surface area (Å²) in [7, 11) is 0. The summed E-state index contributed by atoms with van der Waals surface area (Å²) in [4.78, 5) is 23.6. The van der Waals surface area contributed by atoms with E-state index in [4.69, 9.17) is 5.11 Å². The third-order valence-electron chi connectivity index (χ3n) is 2.32. The SMILES string of the molecule is C=CCN(CC(=O)O)CC(=O)Nc1ccc(F)c(F)c1. The Morgan fingerprint density at radius 2 is 2.00 bits per heavy atom. The van der Waals surface area contributed by atoms with Gasteiger partial charge in [-0.25, -0.2) is 8.78 Å². The highest BCUT2D eigenvalue weighted by Crippen LogP contribution is 2.12. The minimum Gasteiger partial charge on any atom is -0.480 e. The van der Waals surface area contributed by atoms with E-state index in [0.717, 1.165) is 12.1 Å². The maximum Gasteiger partial charge on any atom is 0.317 e. The van der Waals surface area contributed by atoms with Gasteiger partial charge in [-0.3, -0.25) is 14.5 Å². The first kappa shape index (κ1) is 15.8. The second-order valence-corrected chi connectivity index (χ2v) is 4.03. The van der Waals surface area contributed by atoms with Crippen molar-refractivity contribution >= 4 is 17.6 Å². The van der Waals surface area contributed by atoms with Crippen LogP contribution in [0.15, 0.2) is 30.9 Å². The predicted octanol–water partition coefficient (Wildman–Crippen LogP) is 1.48. The molecule has 0 aliphatic heterocycles. The van der Waals surface area contributed by atoms with E-state index in [0.29, 0.717) is 0 Å². The molecule has 0 fully saturated rings. The van der Waals surface area contributed by atoms with Crippen molar-refractivity contribution in [2.75, 3.05) is 25.0 Å². The Labute approximate surface area is 114 Å². The maximum atomic E-state index is 13.0. The molecule has 20 heavy (non-hydrogen) atoms. The average molecular weight is 284 g/mol. The summed E-state index contributed by atoms with van der Waals surface area (Å²) in [6, 6.07) is 2.96. The first-order valence-electron chi connectivity index (χ1n) is 5.72. The number of halogens is 2. The predicted molar refractivity (Wildman–Crippen MR) is 69.3 cm³/mol. The standard InChI is InChI=1S/C13H14F2N2O3/c1-2-5-17(8-13(19)20)7-12(18)16-9-3-4-10(14)11(15)6-9/h2-4,6H,1,5,7-8H2,(H,16,18)(H,19,20). The van der Waals surface area contributed by atoms with Gasteiger partial charge < -0.3 is 10.4 Å². The molecule has 1 aromatic carbocycles. The van der Waals surface area contributed by atoms with E-state index in [-0.39, 0.29) is 25.3 Å². The number of nitrogens with zero attached hydrogens (tertiary/aromatic N) is 1. The lowest BCUT2D eigenvalue weighted by Gasteiger charge is -2.17. The molecule has 108 valence electrons.